The second kappa shape index (κ2) is 18.2. The summed E-state index contributed by atoms with van der Waals surface area (Å²) in [6.07, 6.45) is 1.37. The fraction of sp³-hybridized carbons (Fsp3) is 0.346. The van der Waals surface area contributed by atoms with Crippen molar-refractivity contribution < 1.29 is 57.1 Å². The first-order chi connectivity index (χ1) is 34.0. The second-order valence-electron chi connectivity index (χ2n) is 19.2. The number of nitrogens with zero attached hydrogens (tertiary/aromatic N) is 6. The number of amides is 2. The quantitative estimate of drug-likeness (QED) is 0.0767. The van der Waals surface area contributed by atoms with Gasteiger partial charge in [0.05, 0.1) is 60.3 Å². The van der Waals surface area contributed by atoms with Crippen molar-refractivity contribution in [3.8, 4) is 58.2 Å². The average molecular weight is 989 g/mol. The summed E-state index contributed by atoms with van der Waals surface area (Å²) in [6, 6.07) is 7.75. The molecule has 0 unspecified atom stereocenters. The standard InChI is InChI=1S/2C26H24F2N4O4/c2*1-26(2,35)5-4-12-8-17-16(10-19(12)28)13-6-15(7-13)32-21(20(23(29)34)31-24(17)32)22(33)18-9-14(27)11-30-25(18)36-3/h2*8-11,13,15,22,33,35H,6-7H2,1-3H3,(H2,29,34)/t2*13?,15?,22-/m10/s1. The van der Waals surface area contributed by atoms with E-state index in [-0.39, 0.29) is 80.7 Å². The maximum Gasteiger partial charge on any atom is 0.269 e. The van der Waals surface area contributed by atoms with Crippen LogP contribution in [0.2, 0.25) is 0 Å². The van der Waals surface area contributed by atoms with E-state index in [0.717, 1.165) is 24.5 Å². The molecule has 2 atom stereocenters. The highest BCUT2D eigenvalue weighted by atomic mass is 19.1. The smallest absolute Gasteiger partial charge is 0.269 e. The van der Waals surface area contributed by atoms with Crippen molar-refractivity contribution in [3.63, 3.8) is 0 Å². The zero-order valence-corrected chi connectivity index (χ0v) is 39.7. The number of hydrogen-bond donors (Lipinski definition) is 6. The SMILES string of the molecule is COc1ncc(F)cc1[C@@H](O)c1c(C(N)=O)nc2n1C1CC(C1)c1cc(F)c(C#CC(C)(C)O)cc1-2.COc1ncc(F)cc1[C@H](O)c1c(C(N)=O)nc2n1C1CC(C1)c1cc(F)c(C#CC(C)(C)O)cc1-2. The fourth-order valence-corrected chi connectivity index (χ4v) is 9.78. The van der Waals surface area contributed by atoms with Crippen LogP contribution in [-0.4, -0.2) is 86.7 Å². The van der Waals surface area contributed by atoms with E-state index in [2.05, 4.69) is 43.6 Å². The summed E-state index contributed by atoms with van der Waals surface area (Å²) in [7, 11) is 2.67. The molecule has 6 aromatic rings. The molecule has 372 valence electrons. The predicted octanol–water partition coefficient (Wildman–Crippen LogP) is 5.93. The van der Waals surface area contributed by atoms with Crippen LogP contribution in [0.15, 0.2) is 48.8 Å². The first-order valence-corrected chi connectivity index (χ1v) is 22.7. The van der Waals surface area contributed by atoms with Crippen LogP contribution in [-0.2, 0) is 0 Å². The molecule has 72 heavy (non-hydrogen) atoms. The van der Waals surface area contributed by atoms with Crippen LogP contribution in [0.3, 0.4) is 0 Å². The number of aliphatic hydroxyl groups excluding tert-OH is 2. The van der Waals surface area contributed by atoms with Gasteiger partial charge in [-0.2, -0.15) is 0 Å². The van der Waals surface area contributed by atoms with Gasteiger partial charge in [-0.15, -0.1) is 0 Å². The summed E-state index contributed by atoms with van der Waals surface area (Å²) >= 11 is 0. The van der Waals surface area contributed by atoms with E-state index < -0.39 is 58.5 Å². The van der Waals surface area contributed by atoms with Crippen molar-refractivity contribution in [2.75, 3.05) is 14.2 Å². The first kappa shape index (κ1) is 49.4. The van der Waals surface area contributed by atoms with Crippen LogP contribution in [0.5, 0.6) is 11.8 Å². The number of nitrogens with two attached hydrogens (primary N) is 2. The van der Waals surface area contributed by atoms with E-state index in [1.807, 2.05) is 0 Å². The number of carbonyl (C=O) groups excluding carboxylic acids is 2. The number of hydrogen-bond acceptors (Lipinski definition) is 12. The molecule has 2 amide bonds. The van der Waals surface area contributed by atoms with Gasteiger partial charge in [0.2, 0.25) is 11.8 Å². The van der Waals surface area contributed by atoms with E-state index >= 15 is 0 Å². The lowest BCUT2D eigenvalue weighted by Crippen LogP contribution is -2.27. The molecule has 2 aromatic carbocycles. The van der Waals surface area contributed by atoms with Crippen molar-refractivity contribution >= 4 is 11.8 Å². The van der Waals surface area contributed by atoms with Gasteiger partial charge in [-0.25, -0.2) is 37.5 Å². The van der Waals surface area contributed by atoms with E-state index in [1.165, 1.54) is 66.2 Å². The number of methoxy groups -OCH3 is 2. The third-order valence-corrected chi connectivity index (χ3v) is 13.2. The van der Waals surface area contributed by atoms with Crippen molar-refractivity contribution in [1.29, 1.82) is 0 Å². The molecule has 0 saturated heterocycles. The normalized spacial score (nSPS) is 18.6. The van der Waals surface area contributed by atoms with E-state index in [9.17, 15) is 47.6 Å². The molecule has 20 heteroatoms. The molecule has 16 nitrogen and oxygen atoms in total. The number of halogens is 4. The predicted molar refractivity (Wildman–Crippen MR) is 250 cm³/mol. The number of rotatable bonds is 8. The number of ether oxygens (including phenoxy) is 2. The van der Waals surface area contributed by atoms with Gasteiger partial charge in [0, 0.05) is 23.2 Å². The number of benzene rings is 2. The van der Waals surface area contributed by atoms with Crippen LogP contribution < -0.4 is 20.9 Å². The lowest BCUT2D eigenvalue weighted by atomic mass is 9.75. The van der Waals surface area contributed by atoms with Crippen LogP contribution >= 0.6 is 0 Å². The van der Waals surface area contributed by atoms with Crippen molar-refractivity contribution in [2.45, 2.75) is 101 Å². The van der Waals surface area contributed by atoms with Crippen molar-refractivity contribution in [3.05, 3.63) is 128 Å². The molecule has 2 fully saturated rings. The molecule has 6 aliphatic rings. The molecular formula is C52H48F4N8O8. The Bertz CT molecular complexity index is 3140. The zero-order chi connectivity index (χ0) is 51.9. The summed E-state index contributed by atoms with van der Waals surface area (Å²) in [5.41, 5.74) is 11.1. The van der Waals surface area contributed by atoms with Gasteiger partial charge in [-0.05, 0) is 113 Å². The fourth-order valence-electron chi connectivity index (χ4n) is 9.78. The molecule has 8 heterocycles. The monoisotopic (exact) mass is 988 g/mol. The Morgan fingerprint density at radius 1 is 0.653 bits per heavy atom. The molecule has 4 bridgehead atoms. The third kappa shape index (κ3) is 8.91. The average Bonchev–Trinajstić information content (AvgIpc) is 3.73. The molecule has 4 aliphatic heterocycles. The molecule has 12 rings (SSSR count). The number of carbonyl (C=O) groups is 2. The Balaban J connectivity index is 0.000000178. The van der Waals surface area contributed by atoms with E-state index in [0.29, 0.717) is 59.6 Å². The van der Waals surface area contributed by atoms with Crippen molar-refractivity contribution in [1.82, 2.24) is 29.1 Å². The molecule has 8 N–H and O–H groups in total. The molecule has 2 aliphatic carbocycles. The molecular weight excluding hydrogens is 941 g/mol. The summed E-state index contributed by atoms with van der Waals surface area (Å²) < 4.78 is 71.9. The van der Waals surface area contributed by atoms with Gasteiger partial charge < -0.3 is 50.5 Å². The molecule has 0 radical (unpaired) electrons. The molecule has 0 spiro atoms. The lowest BCUT2D eigenvalue weighted by molar-refractivity contribution is 0.0980. The van der Waals surface area contributed by atoms with E-state index in [1.54, 1.807) is 9.13 Å². The number of aliphatic hydroxyl groups is 4. The highest BCUT2D eigenvalue weighted by Gasteiger charge is 2.45. The number of pyridine rings is 2. The Morgan fingerprint density at radius 2 is 1.01 bits per heavy atom. The van der Waals surface area contributed by atoms with Gasteiger partial charge >= 0.3 is 0 Å². The third-order valence-electron chi connectivity index (χ3n) is 13.2. The maximum absolute atomic E-state index is 15.0. The highest BCUT2D eigenvalue weighted by Crippen LogP contribution is 2.56. The summed E-state index contributed by atoms with van der Waals surface area (Å²) in [4.78, 5) is 41.6. The largest absolute Gasteiger partial charge is 0.481 e. The highest BCUT2D eigenvalue weighted by molar-refractivity contribution is 5.94. The Kier molecular flexibility index (Phi) is 12.5. The van der Waals surface area contributed by atoms with Crippen LogP contribution in [0.4, 0.5) is 17.6 Å². The summed E-state index contributed by atoms with van der Waals surface area (Å²) in [6.45, 7) is 5.97. The van der Waals surface area contributed by atoms with Crippen molar-refractivity contribution in [2.24, 2.45) is 11.5 Å². The molecule has 4 aromatic heterocycles. The number of primary amides is 2. The Morgan fingerprint density at radius 3 is 1.33 bits per heavy atom. The van der Waals surface area contributed by atoms with Gasteiger partial charge in [0.1, 0.15) is 58.3 Å². The number of imidazole rings is 2. The van der Waals surface area contributed by atoms with Gasteiger partial charge in [-0.3, -0.25) is 9.59 Å². The number of aromatic nitrogens is 6. The first-order valence-electron chi connectivity index (χ1n) is 22.7. The summed E-state index contributed by atoms with van der Waals surface area (Å²) in [5, 5.41) is 42.7. The van der Waals surface area contributed by atoms with Crippen LogP contribution in [0.1, 0.15) is 155 Å². The molecule has 2 saturated carbocycles. The maximum atomic E-state index is 15.0. The summed E-state index contributed by atoms with van der Waals surface area (Å²) in [5.74, 6) is 7.09. The van der Waals surface area contributed by atoms with Gasteiger partial charge in [0.15, 0.2) is 11.4 Å². The zero-order valence-electron chi connectivity index (χ0n) is 39.7. The van der Waals surface area contributed by atoms with Crippen LogP contribution in [0, 0.1) is 47.0 Å². The topological polar surface area (TPSA) is 247 Å². The van der Waals surface area contributed by atoms with E-state index in [4.69, 9.17) is 20.9 Å². The van der Waals surface area contributed by atoms with Gasteiger partial charge in [-0.1, -0.05) is 23.7 Å². The minimum atomic E-state index is -1.53. The lowest BCUT2D eigenvalue weighted by Gasteiger charge is -2.36. The minimum absolute atomic E-state index is 0.0124. The second-order valence-corrected chi connectivity index (χ2v) is 19.2. The Labute approximate surface area is 409 Å². The minimum Gasteiger partial charge on any atom is -0.481 e. The van der Waals surface area contributed by atoms with Gasteiger partial charge in [0.25, 0.3) is 11.8 Å². The Hall–Kier alpha value is -7.62. The van der Waals surface area contributed by atoms with Crippen LogP contribution in [0.25, 0.3) is 22.8 Å².